The van der Waals surface area contributed by atoms with Gasteiger partial charge in [-0.05, 0) is 51.6 Å². The highest BCUT2D eigenvalue weighted by molar-refractivity contribution is 5.88. The quantitative estimate of drug-likeness (QED) is 0.901. The molecule has 3 heterocycles. The minimum Gasteiger partial charge on any atom is -0.478 e. The number of piperidine rings is 1. The predicted molar refractivity (Wildman–Crippen MR) is 95.4 cm³/mol. The number of pyridine rings is 1. The zero-order valence-corrected chi connectivity index (χ0v) is 14.7. The molecule has 0 radical (unpaired) electrons. The molecule has 0 unspecified atom stereocenters. The summed E-state index contributed by atoms with van der Waals surface area (Å²) >= 11 is 0. The van der Waals surface area contributed by atoms with Crippen LogP contribution in [0.5, 0.6) is 0 Å². The second kappa shape index (κ2) is 7.70. The van der Waals surface area contributed by atoms with E-state index < -0.39 is 5.97 Å². The Bertz CT molecular complexity index is 748. The molecular formula is C19H24N4O2. The molecule has 6 nitrogen and oxygen atoms in total. The van der Waals surface area contributed by atoms with E-state index in [4.69, 9.17) is 0 Å². The number of hydrogen-bond acceptors (Lipinski definition) is 5. The number of hydrogen-bond donors (Lipinski definition) is 1. The average molecular weight is 340 g/mol. The van der Waals surface area contributed by atoms with E-state index in [2.05, 4.69) is 33.7 Å². The lowest BCUT2D eigenvalue weighted by atomic mass is 9.91. The Labute approximate surface area is 148 Å². The number of aromatic nitrogens is 3. The maximum atomic E-state index is 11.2. The van der Waals surface area contributed by atoms with Gasteiger partial charge in [-0.1, -0.05) is 0 Å². The van der Waals surface area contributed by atoms with E-state index in [-0.39, 0.29) is 5.56 Å². The van der Waals surface area contributed by atoms with E-state index in [1.807, 2.05) is 0 Å². The van der Waals surface area contributed by atoms with Crippen LogP contribution in [0.25, 0.3) is 11.3 Å². The minimum absolute atomic E-state index is 0.165. The average Bonchev–Trinajstić information content (AvgIpc) is 2.62. The maximum absolute atomic E-state index is 11.2. The van der Waals surface area contributed by atoms with Gasteiger partial charge < -0.3 is 10.0 Å². The molecule has 1 aliphatic rings. The molecule has 2 aromatic rings. The molecule has 0 bridgehead atoms. The summed E-state index contributed by atoms with van der Waals surface area (Å²) in [7, 11) is 0. The molecule has 1 saturated heterocycles. The van der Waals surface area contributed by atoms with Crippen molar-refractivity contribution in [3.05, 3.63) is 42.1 Å². The zero-order chi connectivity index (χ0) is 17.8. The molecule has 25 heavy (non-hydrogen) atoms. The Morgan fingerprint density at radius 3 is 2.88 bits per heavy atom. The van der Waals surface area contributed by atoms with Crippen LogP contribution in [0.2, 0.25) is 0 Å². The lowest BCUT2D eigenvalue weighted by Gasteiger charge is -2.35. The van der Waals surface area contributed by atoms with E-state index in [0.717, 1.165) is 30.9 Å². The highest BCUT2D eigenvalue weighted by atomic mass is 16.4. The Morgan fingerprint density at radius 2 is 2.12 bits per heavy atom. The van der Waals surface area contributed by atoms with Crippen molar-refractivity contribution < 1.29 is 9.90 Å². The second-order valence-electron chi connectivity index (χ2n) is 6.92. The van der Waals surface area contributed by atoms with Crippen LogP contribution >= 0.6 is 0 Å². The van der Waals surface area contributed by atoms with E-state index in [1.165, 1.54) is 19.0 Å². The number of rotatable bonds is 5. The lowest BCUT2D eigenvalue weighted by Crippen LogP contribution is -2.40. The fraction of sp³-hybridized carbons (Fsp3) is 0.474. The van der Waals surface area contributed by atoms with Gasteiger partial charge in [0, 0.05) is 42.9 Å². The molecule has 3 rings (SSSR count). The third-order valence-electron chi connectivity index (χ3n) is 4.80. The van der Waals surface area contributed by atoms with Gasteiger partial charge in [0.1, 0.15) is 0 Å². The van der Waals surface area contributed by atoms with Gasteiger partial charge in [-0.15, -0.1) is 0 Å². The number of carbonyl (C=O) groups is 1. The van der Waals surface area contributed by atoms with Crippen molar-refractivity contribution in [1.29, 1.82) is 0 Å². The SMILES string of the molecule is CC(C)N1CCC[C@@H](Cc2nccnc2-c2cncc(C(=O)O)c2)C1. The standard InChI is InChI=1S/C19H24N4O2/c1-13(2)23-7-3-4-14(12-23)8-17-18(22-6-5-21-17)15-9-16(19(24)25)11-20-10-15/h5-6,9-11,13-14H,3-4,7-8,12H2,1-2H3,(H,24,25)/t14-/m0/s1. The first-order chi connectivity index (χ1) is 12.0. The summed E-state index contributed by atoms with van der Waals surface area (Å²) in [6.07, 6.45) is 9.60. The van der Waals surface area contributed by atoms with Gasteiger partial charge in [-0.3, -0.25) is 15.0 Å². The normalized spacial score (nSPS) is 18.4. The van der Waals surface area contributed by atoms with Gasteiger partial charge in [0.05, 0.1) is 17.0 Å². The molecule has 0 spiro atoms. The van der Waals surface area contributed by atoms with Crippen molar-refractivity contribution in [3.8, 4) is 11.3 Å². The van der Waals surface area contributed by atoms with Crippen LogP contribution in [-0.2, 0) is 6.42 Å². The van der Waals surface area contributed by atoms with Crippen molar-refractivity contribution in [2.75, 3.05) is 13.1 Å². The highest BCUT2D eigenvalue weighted by Crippen LogP contribution is 2.26. The minimum atomic E-state index is -0.986. The smallest absolute Gasteiger partial charge is 0.337 e. The molecule has 1 fully saturated rings. The summed E-state index contributed by atoms with van der Waals surface area (Å²) < 4.78 is 0. The summed E-state index contributed by atoms with van der Waals surface area (Å²) in [6.45, 7) is 6.70. The summed E-state index contributed by atoms with van der Waals surface area (Å²) in [4.78, 5) is 26.8. The molecule has 1 atom stereocenters. The van der Waals surface area contributed by atoms with Crippen LogP contribution in [0.4, 0.5) is 0 Å². The van der Waals surface area contributed by atoms with Gasteiger partial charge >= 0.3 is 5.97 Å². The van der Waals surface area contributed by atoms with Crippen LogP contribution < -0.4 is 0 Å². The topological polar surface area (TPSA) is 79.2 Å². The van der Waals surface area contributed by atoms with Crippen LogP contribution in [0.15, 0.2) is 30.9 Å². The third kappa shape index (κ3) is 4.20. The van der Waals surface area contributed by atoms with Crippen molar-refractivity contribution in [2.45, 2.75) is 39.2 Å². The Balaban J connectivity index is 1.84. The van der Waals surface area contributed by atoms with E-state index in [1.54, 1.807) is 24.7 Å². The van der Waals surface area contributed by atoms with Crippen LogP contribution in [0.3, 0.4) is 0 Å². The number of carboxylic acid groups (broad SMARTS) is 1. The fourth-order valence-electron chi connectivity index (χ4n) is 3.45. The third-order valence-corrected chi connectivity index (χ3v) is 4.80. The Hall–Kier alpha value is -2.34. The number of carboxylic acids is 1. The van der Waals surface area contributed by atoms with Gasteiger partial charge in [-0.25, -0.2) is 4.79 Å². The fourth-order valence-corrected chi connectivity index (χ4v) is 3.45. The number of nitrogens with zero attached hydrogens (tertiary/aromatic N) is 4. The summed E-state index contributed by atoms with van der Waals surface area (Å²) in [5.74, 6) is -0.443. The molecule has 0 saturated carbocycles. The Kier molecular flexibility index (Phi) is 5.38. The molecular weight excluding hydrogens is 316 g/mol. The van der Waals surface area contributed by atoms with Crippen LogP contribution in [0.1, 0.15) is 42.7 Å². The summed E-state index contributed by atoms with van der Waals surface area (Å²) in [6, 6.07) is 2.17. The van der Waals surface area contributed by atoms with Crippen LogP contribution in [-0.4, -0.2) is 50.1 Å². The molecule has 132 valence electrons. The molecule has 0 aromatic carbocycles. The molecule has 0 aliphatic carbocycles. The predicted octanol–water partition coefficient (Wildman–Crippen LogP) is 2.90. The molecule has 2 aromatic heterocycles. The maximum Gasteiger partial charge on any atom is 0.337 e. The summed E-state index contributed by atoms with van der Waals surface area (Å²) in [5.41, 5.74) is 2.53. The van der Waals surface area contributed by atoms with E-state index in [0.29, 0.717) is 17.5 Å². The van der Waals surface area contributed by atoms with Crippen molar-refractivity contribution in [1.82, 2.24) is 19.9 Å². The highest BCUT2D eigenvalue weighted by Gasteiger charge is 2.23. The van der Waals surface area contributed by atoms with Gasteiger partial charge in [-0.2, -0.15) is 0 Å². The zero-order valence-electron chi connectivity index (χ0n) is 14.7. The molecule has 1 aliphatic heterocycles. The molecule has 1 N–H and O–H groups in total. The molecule has 6 heteroatoms. The monoisotopic (exact) mass is 340 g/mol. The van der Waals surface area contributed by atoms with Gasteiger partial charge in [0.25, 0.3) is 0 Å². The van der Waals surface area contributed by atoms with E-state index >= 15 is 0 Å². The van der Waals surface area contributed by atoms with Crippen LogP contribution in [0, 0.1) is 5.92 Å². The van der Waals surface area contributed by atoms with Crippen molar-refractivity contribution >= 4 is 5.97 Å². The number of aromatic carboxylic acids is 1. The first-order valence-electron chi connectivity index (χ1n) is 8.77. The lowest BCUT2D eigenvalue weighted by molar-refractivity contribution is 0.0696. The van der Waals surface area contributed by atoms with Crippen molar-refractivity contribution in [2.24, 2.45) is 5.92 Å². The van der Waals surface area contributed by atoms with Gasteiger partial charge in [0.15, 0.2) is 0 Å². The Morgan fingerprint density at radius 1 is 1.32 bits per heavy atom. The van der Waals surface area contributed by atoms with Crippen molar-refractivity contribution in [3.63, 3.8) is 0 Å². The first kappa shape index (κ1) is 17.5. The van der Waals surface area contributed by atoms with Gasteiger partial charge in [0.2, 0.25) is 0 Å². The second-order valence-corrected chi connectivity index (χ2v) is 6.92. The largest absolute Gasteiger partial charge is 0.478 e. The van der Waals surface area contributed by atoms with E-state index in [9.17, 15) is 9.90 Å². The molecule has 0 amide bonds. The number of likely N-dealkylation sites (tertiary alicyclic amines) is 1. The first-order valence-corrected chi connectivity index (χ1v) is 8.77. The summed E-state index contributed by atoms with van der Waals surface area (Å²) in [5, 5.41) is 9.19.